The molecule has 0 aliphatic rings. The van der Waals surface area contributed by atoms with Gasteiger partial charge in [-0.2, -0.15) is 0 Å². The molecule has 0 amide bonds. The lowest BCUT2D eigenvalue weighted by Gasteiger charge is -2.00. The van der Waals surface area contributed by atoms with E-state index in [9.17, 15) is 4.79 Å². The van der Waals surface area contributed by atoms with E-state index < -0.39 is 5.97 Å². The Morgan fingerprint density at radius 3 is 3.12 bits per heavy atom. The van der Waals surface area contributed by atoms with Gasteiger partial charge < -0.3 is 4.74 Å². The number of hydrogen-bond donors (Lipinski definition) is 0. The largest absolute Gasteiger partial charge is 0.460 e. The molecule has 0 atom stereocenters. The highest BCUT2D eigenvalue weighted by Crippen LogP contribution is 2.28. The van der Waals surface area contributed by atoms with Crippen LogP contribution in [0.4, 0.5) is 0 Å². The number of carbonyl (C=O) groups excluding carboxylic acids is 1. The summed E-state index contributed by atoms with van der Waals surface area (Å²) in [5.74, 6) is -0.134. The predicted octanol–water partition coefficient (Wildman–Crippen LogP) is 2.66. The van der Waals surface area contributed by atoms with Gasteiger partial charge in [-0.05, 0) is 23.0 Å². The Morgan fingerprint density at radius 1 is 1.56 bits per heavy atom. The van der Waals surface area contributed by atoms with Gasteiger partial charge in [0.25, 0.3) is 0 Å². The minimum absolute atomic E-state index is 0.197. The summed E-state index contributed by atoms with van der Waals surface area (Å²) in [4.78, 5) is 13.0. The van der Waals surface area contributed by atoms with Crippen LogP contribution >= 0.6 is 34.5 Å². The number of esters is 1. The Labute approximate surface area is 105 Å². The first kappa shape index (κ1) is 11.5. The lowest BCUT2D eigenvalue weighted by atomic mass is 10.3. The van der Waals surface area contributed by atoms with Crippen molar-refractivity contribution in [2.24, 2.45) is 0 Å². The van der Waals surface area contributed by atoms with Gasteiger partial charge in [0.15, 0.2) is 4.88 Å². The molecule has 4 nitrogen and oxygen atoms in total. The summed E-state index contributed by atoms with van der Waals surface area (Å²) < 4.78 is 8.71. The van der Waals surface area contributed by atoms with Crippen molar-refractivity contribution in [2.45, 2.75) is 0 Å². The predicted molar refractivity (Wildman–Crippen MR) is 64.2 cm³/mol. The van der Waals surface area contributed by atoms with Gasteiger partial charge in [-0.15, -0.1) is 28.0 Å². The second kappa shape index (κ2) is 5.38. The first-order valence-corrected chi connectivity index (χ1v) is 6.61. The zero-order chi connectivity index (χ0) is 11.4. The average Bonchev–Trinajstić information content (AvgIpc) is 2.94. The number of thiophene rings is 1. The molecule has 2 rings (SSSR count). The zero-order valence-corrected chi connectivity index (χ0v) is 10.4. The maximum atomic E-state index is 11.6. The number of nitrogens with zero attached hydrogens (tertiary/aromatic N) is 2. The molecule has 0 fully saturated rings. The van der Waals surface area contributed by atoms with Crippen LogP contribution in [0.2, 0.25) is 0 Å². The average molecular weight is 275 g/mol. The lowest BCUT2D eigenvalue weighted by molar-refractivity contribution is 0.0535. The van der Waals surface area contributed by atoms with E-state index >= 15 is 0 Å². The number of ether oxygens (including phenoxy) is 1. The molecule has 0 radical (unpaired) electrons. The Morgan fingerprint density at radius 2 is 2.44 bits per heavy atom. The van der Waals surface area contributed by atoms with Gasteiger partial charge in [-0.3, -0.25) is 0 Å². The summed E-state index contributed by atoms with van der Waals surface area (Å²) in [7, 11) is 0. The molecule has 16 heavy (non-hydrogen) atoms. The number of carbonyl (C=O) groups is 1. The molecule has 0 aromatic carbocycles. The highest BCUT2D eigenvalue weighted by atomic mass is 35.5. The number of hydrogen-bond acceptors (Lipinski definition) is 6. The van der Waals surface area contributed by atoms with E-state index in [1.165, 1.54) is 11.3 Å². The Hall–Kier alpha value is -0.980. The van der Waals surface area contributed by atoms with Crippen LogP contribution in [0, 0.1) is 0 Å². The van der Waals surface area contributed by atoms with Crippen LogP contribution in [-0.4, -0.2) is 28.0 Å². The van der Waals surface area contributed by atoms with Crippen LogP contribution in [0.1, 0.15) is 9.67 Å². The van der Waals surface area contributed by atoms with Crippen LogP contribution in [0.15, 0.2) is 17.5 Å². The second-order valence-corrected chi connectivity index (χ2v) is 4.83. The van der Waals surface area contributed by atoms with Crippen LogP contribution in [0.25, 0.3) is 10.6 Å². The van der Waals surface area contributed by atoms with Crippen LogP contribution in [0.5, 0.6) is 0 Å². The van der Waals surface area contributed by atoms with Crippen molar-refractivity contribution in [3.05, 3.63) is 22.4 Å². The third-order valence-corrected chi connectivity index (χ3v) is 3.48. The van der Waals surface area contributed by atoms with Crippen molar-refractivity contribution in [3.8, 4) is 10.6 Å². The maximum Gasteiger partial charge on any atom is 0.352 e. The summed E-state index contributed by atoms with van der Waals surface area (Å²) >= 11 is 7.98. The van der Waals surface area contributed by atoms with Crippen molar-refractivity contribution in [3.63, 3.8) is 0 Å². The first-order valence-electron chi connectivity index (χ1n) is 4.42. The van der Waals surface area contributed by atoms with E-state index in [4.69, 9.17) is 16.3 Å². The molecule has 0 N–H and O–H groups in total. The molecule has 0 bridgehead atoms. The number of rotatable bonds is 4. The minimum Gasteiger partial charge on any atom is -0.460 e. The van der Waals surface area contributed by atoms with E-state index in [2.05, 4.69) is 9.59 Å². The third-order valence-electron chi connectivity index (χ3n) is 1.74. The number of halogens is 1. The minimum atomic E-state index is -0.418. The fourth-order valence-corrected chi connectivity index (χ4v) is 2.53. The van der Waals surface area contributed by atoms with E-state index in [1.54, 1.807) is 0 Å². The molecule has 7 heteroatoms. The zero-order valence-electron chi connectivity index (χ0n) is 8.05. The van der Waals surface area contributed by atoms with Gasteiger partial charge in [0.1, 0.15) is 12.3 Å². The highest BCUT2D eigenvalue weighted by Gasteiger charge is 2.19. The van der Waals surface area contributed by atoms with Gasteiger partial charge in [0, 0.05) is 0 Å². The molecular formula is C9H7ClN2O2S2. The lowest BCUT2D eigenvalue weighted by Crippen LogP contribution is -2.06. The van der Waals surface area contributed by atoms with Gasteiger partial charge in [-0.1, -0.05) is 10.6 Å². The van der Waals surface area contributed by atoms with Crippen molar-refractivity contribution in [1.82, 2.24) is 9.59 Å². The van der Waals surface area contributed by atoms with E-state index in [1.807, 2.05) is 17.5 Å². The quantitative estimate of drug-likeness (QED) is 0.635. The molecule has 0 saturated heterocycles. The number of aromatic nitrogens is 2. The molecule has 2 heterocycles. The molecule has 84 valence electrons. The Balaban J connectivity index is 2.23. The Bertz CT molecular complexity index is 470. The van der Waals surface area contributed by atoms with Crippen LogP contribution in [-0.2, 0) is 4.74 Å². The summed E-state index contributed by atoms with van der Waals surface area (Å²) in [6, 6.07) is 3.78. The molecule has 2 aromatic rings. The summed E-state index contributed by atoms with van der Waals surface area (Å²) in [5, 5.41) is 5.85. The van der Waals surface area contributed by atoms with Gasteiger partial charge in [0.05, 0.1) is 10.8 Å². The molecule has 2 aromatic heterocycles. The second-order valence-electron chi connectivity index (χ2n) is 2.75. The molecule has 0 unspecified atom stereocenters. The van der Waals surface area contributed by atoms with E-state index in [0.717, 1.165) is 16.4 Å². The normalized spacial score (nSPS) is 10.3. The fraction of sp³-hybridized carbons (Fsp3) is 0.222. The van der Waals surface area contributed by atoms with Crippen molar-refractivity contribution < 1.29 is 9.53 Å². The Kier molecular flexibility index (Phi) is 3.87. The van der Waals surface area contributed by atoms with Gasteiger partial charge >= 0.3 is 5.97 Å². The topological polar surface area (TPSA) is 52.1 Å². The first-order chi connectivity index (χ1) is 7.83. The molecular weight excluding hydrogens is 268 g/mol. The molecule has 0 saturated carbocycles. The van der Waals surface area contributed by atoms with Crippen LogP contribution in [0.3, 0.4) is 0 Å². The van der Waals surface area contributed by atoms with E-state index in [-0.39, 0.29) is 12.5 Å². The van der Waals surface area contributed by atoms with Crippen molar-refractivity contribution >= 4 is 40.4 Å². The van der Waals surface area contributed by atoms with E-state index in [0.29, 0.717) is 10.6 Å². The SMILES string of the molecule is O=C(OCCCl)c1snnc1-c1cccs1. The van der Waals surface area contributed by atoms with Crippen LogP contribution < -0.4 is 0 Å². The molecule has 0 aliphatic heterocycles. The third kappa shape index (κ3) is 2.40. The highest BCUT2D eigenvalue weighted by molar-refractivity contribution is 7.14. The summed E-state index contributed by atoms with van der Waals surface area (Å²) in [6.45, 7) is 0.197. The van der Waals surface area contributed by atoms with Crippen molar-refractivity contribution in [2.75, 3.05) is 12.5 Å². The monoisotopic (exact) mass is 274 g/mol. The fourth-order valence-electron chi connectivity index (χ4n) is 1.10. The maximum absolute atomic E-state index is 11.6. The van der Waals surface area contributed by atoms with Gasteiger partial charge in [-0.25, -0.2) is 4.79 Å². The molecule has 0 aliphatic carbocycles. The smallest absolute Gasteiger partial charge is 0.352 e. The summed E-state index contributed by atoms with van der Waals surface area (Å²) in [6.07, 6.45) is 0. The molecule has 0 spiro atoms. The summed E-state index contributed by atoms with van der Waals surface area (Å²) in [5.41, 5.74) is 0.583. The number of alkyl halides is 1. The standard InChI is InChI=1S/C9H7ClN2O2S2/c10-3-4-14-9(13)8-7(11-12-16-8)6-2-1-5-15-6/h1-2,5H,3-4H2. The van der Waals surface area contributed by atoms with Crippen molar-refractivity contribution in [1.29, 1.82) is 0 Å². The van der Waals surface area contributed by atoms with Gasteiger partial charge in [0.2, 0.25) is 0 Å².